The minimum absolute atomic E-state index is 0.0612. The lowest BCUT2D eigenvalue weighted by Gasteiger charge is -2.34. The molecule has 3 saturated heterocycles. The van der Waals surface area contributed by atoms with Crippen LogP contribution in [-0.2, 0) is 40.0 Å². The van der Waals surface area contributed by atoms with Crippen LogP contribution in [0.15, 0.2) is 97.1 Å². The number of nitrogens with one attached hydrogen (secondary N) is 5. The molecule has 0 bridgehead atoms. The van der Waals surface area contributed by atoms with E-state index in [0.29, 0.717) is 17.2 Å². The molecule has 3 fully saturated rings. The summed E-state index contributed by atoms with van der Waals surface area (Å²) < 4.78 is 5.86. The van der Waals surface area contributed by atoms with E-state index in [0.717, 1.165) is 70.9 Å². The van der Waals surface area contributed by atoms with Gasteiger partial charge in [-0.15, -0.1) is 0 Å². The Morgan fingerprint density at radius 1 is 0.706 bits per heavy atom. The van der Waals surface area contributed by atoms with E-state index in [1.807, 2.05) is 48.5 Å². The quantitative estimate of drug-likeness (QED) is 0.0594. The van der Waals surface area contributed by atoms with E-state index in [1.165, 1.54) is 43.3 Å². The summed E-state index contributed by atoms with van der Waals surface area (Å²) in [6.45, 7) is 4.64. The fraction of sp³-hybridized carbons (Fsp3) is 0.467. The van der Waals surface area contributed by atoms with Crippen molar-refractivity contribution >= 4 is 47.3 Å². The van der Waals surface area contributed by atoms with Crippen LogP contribution in [0.1, 0.15) is 75.7 Å². The van der Waals surface area contributed by atoms with E-state index in [1.54, 1.807) is 12.1 Å². The Kier molecular flexibility index (Phi) is 22.1. The third-order valence-electron chi connectivity index (χ3n) is 15.5. The zero-order valence-electron chi connectivity index (χ0n) is 47.9. The van der Waals surface area contributed by atoms with Gasteiger partial charge >= 0.3 is 0 Å². The maximum Gasteiger partial charge on any atom is 0.264 e. The Morgan fingerprint density at radius 3 is 1.81 bits per heavy atom. The summed E-state index contributed by atoms with van der Waals surface area (Å²) in [5, 5.41) is 76.9. The summed E-state index contributed by atoms with van der Waals surface area (Å²) in [6.07, 6.45) is -6.45. The van der Waals surface area contributed by atoms with Gasteiger partial charge in [-0.1, -0.05) is 87.4 Å². The molecule has 4 aromatic rings. The number of nitrogens with zero attached hydrogens (tertiary/aromatic N) is 3. The van der Waals surface area contributed by atoms with Crippen LogP contribution in [-0.4, -0.2) is 198 Å². The van der Waals surface area contributed by atoms with Crippen molar-refractivity contribution < 1.29 is 73.7 Å². The van der Waals surface area contributed by atoms with Crippen molar-refractivity contribution in [2.45, 2.75) is 139 Å². The second-order valence-corrected chi connectivity index (χ2v) is 22.0. The van der Waals surface area contributed by atoms with Crippen molar-refractivity contribution in [3.05, 3.63) is 108 Å². The molecule has 7 rings (SSSR count). The Hall–Kier alpha value is -8.04. The van der Waals surface area contributed by atoms with E-state index in [9.17, 15) is 69.0 Å². The molecule has 25 heteroatoms. The number of hydrazine groups is 1. The van der Waals surface area contributed by atoms with Crippen molar-refractivity contribution in [3.63, 3.8) is 0 Å². The predicted molar refractivity (Wildman–Crippen MR) is 309 cm³/mol. The number of fused-ring (bicyclic) bond motifs is 2. The molecule has 85 heavy (non-hydrogen) atoms. The molecule has 458 valence electrons. The van der Waals surface area contributed by atoms with Crippen LogP contribution in [0.4, 0.5) is 0 Å². The number of nitrogens with two attached hydrogens (primary N) is 2. The van der Waals surface area contributed by atoms with Gasteiger partial charge in [0.25, 0.3) is 17.7 Å². The van der Waals surface area contributed by atoms with E-state index < -0.39 is 158 Å². The van der Waals surface area contributed by atoms with Gasteiger partial charge in [0, 0.05) is 50.5 Å². The normalized spacial score (nSPS) is 25.2. The number of aliphatic hydroxyl groups excluding tert-OH is 5. The first-order chi connectivity index (χ1) is 40.5. The molecule has 25 nitrogen and oxygen atoms in total. The first-order valence-corrected chi connectivity index (χ1v) is 28.5. The minimum Gasteiger partial charge on any atom is -0.508 e. The first-order valence-electron chi connectivity index (χ1n) is 28.5. The predicted octanol–water partition coefficient (Wildman–Crippen LogP) is -1.07. The fourth-order valence-electron chi connectivity index (χ4n) is 10.5. The molecule has 13 atom stereocenters. The summed E-state index contributed by atoms with van der Waals surface area (Å²) in [7, 11) is 0. The standard InChI is InChI=1S/C60H78N10O15/c1-5-6-7-26-85-43-22-18-39(19-23-43)37-12-10-36(11-13-37)38-14-16-40(17-15-38)53(77)63-45-24-25-70(58(82)44(62)29-61)67-57(81)51-52(76)32(2)30-69(51)60(84)49(34(4)72)65-56(80)50(47(75)27-35-8-20-41(73)21-9-35)66-55(79)46-28-42(74)31-68(46)59(83)48(33(3)71)64-54(45)78/h8-23,32-34,42,44-52,71-76H,5-7,24-31,61-62H2,1-4H3,(H,63,77)(H,64,78)(H,65,80)(H,66,79)(H,67,81)/t32-,33?,34?,42+,44?,45?,46-,47+,48-,49-,50-,51-,52-/m0/s1. The van der Waals surface area contributed by atoms with Crippen molar-refractivity contribution in [3.8, 4) is 33.8 Å². The van der Waals surface area contributed by atoms with Gasteiger partial charge in [0.05, 0.1) is 43.2 Å². The van der Waals surface area contributed by atoms with E-state index in [2.05, 4.69) is 33.6 Å². The number of benzene rings is 4. The van der Waals surface area contributed by atoms with Gasteiger partial charge in [-0.2, -0.15) is 0 Å². The minimum atomic E-state index is -1.98. The number of unbranched alkanes of at least 4 members (excludes halogenated alkanes) is 2. The number of carbonyl (C=O) groups is 8. The Bertz CT molecular complexity index is 2990. The van der Waals surface area contributed by atoms with Gasteiger partial charge in [0.1, 0.15) is 47.8 Å². The summed E-state index contributed by atoms with van der Waals surface area (Å²) >= 11 is 0. The topological polar surface area (TPSA) is 389 Å². The number of hydrogen-bond donors (Lipinski definition) is 13. The van der Waals surface area contributed by atoms with Crippen LogP contribution in [0.25, 0.3) is 22.3 Å². The van der Waals surface area contributed by atoms with Crippen LogP contribution in [0.5, 0.6) is 11.5 Å². The molecule has 4 aromatic carbocycles. The van der Waals surface area contributed by atoms with Crippen molar-refractivity contribution in [1.29, 1.82) is 0 Å². The third-order valence-corrected chi connectivity index (χ3v) is 15.5. The van der Waals surface area contributed by atoms with Gasteiger partial charge in [0.15, 0.2) is 0 Å². The summed E-state index contributed by atoms with van der Waals surface area (Å²) in [5.41, 5.74) is 18.2. The lowest BCUT2D eigenvalue weighted by molar-refractivity contribution is -0.151. The fourth-order valence-corrected chi connectivity index (χ4v) is 10.5. The monoisotopic (exact) mass is 1180 g/mol. The Balaban J connectivity index is 1.21. The van der Waals surface area contributed by atoms with Crippen molar-refractivity contribution in [1.82, 2.24) is 41.5 Å². The number of phenols is 1. The van der Waals surface area contributed by atoms with Crippen LogP contribution < -0.4 is 42.9 Å². The lowest BCUT2D eigenvalue weighted by Crippen LogP contribution is -2.64. The number of aliphatic hydroxyl groups is 5. The number of rotatable bonds is 16. The SMILES string of the molecule is CCCCCOc1ccc(-c2ccc(-c3ccc(C(=O)NC4CCN(C(=O)C(N)CN)NC(=O)[C@@H]5[C@@H](O)[C@@H](C)CN5C(=O)[C@H](C(C)O)NC(=O)[C@H]([C@H](O)Cc5ccc(O)cc5)NC(=O)[C@@H]5C[C@@H](O)CN5C(=O)[C@H](C(C)O)NC4=O)cc3)cc2)cc1. The number of amides is 8. The molecule has 4 unspecified atom stereocenters. The molecule has 3 heterocycles. The first kappa shape index (κ1) is 64.5. The summed E-state index contributed by atoms with van der Waals surface area (Å²) in [6, 6.07) is 15.0. The molecule has 0 radical (unpaired) electrons. The molecule has 0 aliphatic carbocycles. The number of ether oxygens (including phenoxy) is 1. The van der Waals surface area contributed by atoms with E-state index in [-0.39, 0.29) is 24.3 Å². The van der Waals surface area contributed by atoms with Gasteiger partial charge < -0.3 is 77.9 Å². The van der Waals surface area contributed by atoms with Gasteiger partial charge in [-0.3, -0.25) is 48.8 Å². The third kappa shape index (κ3) is 16.0. The molecule has 15 N–H and O–H groups in total. The van der Waals surface area contributed by atoms with Crippen molar-refractivity contribution in [2.75, 3.05) is 32.8 Å². The highest BCUT2D eigenvalue weighted by Gasteiger charge is 2.50. The van der Waals surface area contributed by atoms with Gasteiger partial charge in [-0.05, 0) is 90.9 Å². The van der Waals surface area contributed by atoms with Crippen LogP contribution in [0.2, 0.25) is 0 Å². The Labute approximate surface area is 492 Å². The van der Waals surface area contributed by atoms with E-state index in [4.69, 9.17) is 16.2 Å². The number of hydrogen-bond acceptors (Lipinski definition) is 17. The largest absolute Gasteiger partial charge is 0.508 e. The number of aromatic hydroxyl groups is 1. The smallest absolute Gasteiger partial charge is 0.264 e. The molecule has 0 aromatic heterocycles. The Morgan fingerprint density at radius 2 is 1.25 bits per heavy atom. The highest BCUT2D eigenvalue weighted by molar-refractivity contribution is 6.00. The number of phenolic OH excluding ortho intramolecular Hbond substituents is 1. The molecule has 3 aliphatic rings. The van der Waals surface area contributed by atoms with Crippen molar-refractivity contribution in [2.24, 2.45) is 17.4 Å². The molecule has 8 amide bonds. The molecular formula is C60H78N10O15. The van der Waals surface area contributed by atoms with E-state index >= 15 is 0 Å². The lowest BCUT2D eigenvalue weighted by atomic mass is 9.99. The zero-order valence-corrected chi connectivity index (χ0v) is 47.9. The summed E-state index contributed by atoms with van der Waals surface area (Å²) in [5.74, 6) is -8.83. The molecule has 0 saturated carbocycles. The van der Waals surface area contributed by atoms with Crippen LogP contribution in [0, 0.1) is 5.92 Å². The van der Waals surface area contributed by atoms with Crippen LogP contribution in [0.3, 0.4) is 0 Å². The average molecular weight is 1180 g/mol. The zero-order chi connectivity index (χ0) is 61.8. The molecule has 0 spiro atoms. The van der Waals surface area contributed by atoms with Gasteiger partial charge in [0.2, 0.25) is 29.5 Å². The average Bonchev–Trinajstić information content (AvgIpc) is 3.78. The highest BCUT2D eigenvalue weighted by Crippen LogP contribution is 2.29. The molecule has 3 aliphatic heterocycles. The van der Waals surface area contributed by atoms with Crippen LogP contribution >= 0.6 is 0 Å². The maximum atomic E-state index is 14.7. The van der Waals surface area contributed by atoms with Gasteiger partial charge in [-0.25, -0.2) is 0 Å². The molecular weight excluding hydrogens is 1100 g/mol. The number of carbonyl (C=O) groups excluding carboxylic acids is 8. The second kappa shape index (κ2) is 29.2. The second-order valence-electron chi connectivity index (χ2n) is 22.0. The summed E-state index contributed by atoms with van der Waals surface area (Å²) in [4.78, 5) is 117. The highest BCUT2D eigenvalue weighted by atomic mass is 16.5. The maximum absolute atomic E-state index is 14.7.